The predicted octanol–water partition coefficient (Wildman–Crippen LogP) is 0.355. The van der Waals surface area contributed by atoms with Crippen molar-refractivity contribution >= 4 is 11.8 Å². The summed E-state index contributed by atoms with van der Waals surface area (Å²) in [6, 6.07) is 0. The molecule has 20 heavy (non-hydrogen) atoms. The standard InChI is InChI=1S/C13H21N5O2/c1-4-5-9-15-10(17-16-9)11(19)18-7-6-13(2,8-18)12(20)14-3/h4-8H2,1-3H3,(H,14,20)(H,15,16,17). The van der Waals surface area contributed by atoms with E-state index in [0.29, 0.717) is 19.5 Å². The lowest BCUT2D eigenvalue weighted by Gasteiger charge is -2.22. The lowest BCUT2D eigenvalue weighted by molar-refractivity contribution is -0.128. The Balaban J connectivity index is 2.05. The van der Waals surface area contributed by atoms with Gasteiger partial charge in [0.05, 0.1) is 5.41 Å². The molecule has 110 valence electrons. The van der Waals surface area contributed by atoms with Crippen molar-refractivity contribution in [1.29, 1.82) is 0 Å². The summed E-state index contributed by atoms with van der Waals surface area (Å²) < 4.78 is 0. The Bertz CT molecular complexity index is 513. The summed E-state index contributed by atoms with van der Waals surface area (Å²) in [6.45, 7) is 4.88. The van der Waals surface area contributed by atoms with Crippen molar-refractivity contribution in [3.05, 3.63) is 11.6 Å². The highest BCUT2D eigenvalue weighted by Gasteiger charge is 2.42. The van der Waals surface area contributed by atoms with E-state index in [1.165, 1.54) is 0 Å². The first kappa shape index (κ1) is 14.5. The van der Waals surface area contributed by atoms with Crippen LogP contribution in [0.25, 0.3) is 0 Å². The smallest absolute Gasteiger partial charge is 0.293 e. The normalized spacial score (nSPS) is 22.1. The van der Waals surface area contributed by atoms with E-state index in [-0.39, 0.29) is 17.6 Å². The molecule has 2 rings (SSSR count). The number of carbonyl (C=O) groups is 2. The summed E-state index contributed by atoms with van der Waals surface area (Å²) in [5, 5.41) is 9.40. The molecule has 2 amide bonds. The first-order chi connectivity index (χ1) is 9.50. The van der Waals surface area contributed by atoms with Crippen LogP contribution >= 0.6 is 0 Å². The van der Waals surface area contributed by atoms with Crippen LogP contribution in [0.15, 0.2) is 0 Å². The molecule has 7 nitrogen and oxygen atoms in total. The third-order valence-electron chi connectivity index (χ3n) is 3.75. The average molecular weight is 279 g/mol. The molecule has 0 aliphatic carbocycles. The van der Waals surface area contributed by atoms with Gasteiger partial charge < -0.3 is 10.2 Å². The Hall–Kier alpha value is -1.92. The first-order valence-electron chi connectivity index (χ1n) is 6.93. The summed E-state index contributed by atoms with van der Waals surface area (Å²) in [4.78, 5) is 30.0. The molecular formula is C13H21N5O2. The molecule has 0 spiro atoms. The highest BCUT2D eigenvalue weighted by molar-refractivity contribution is 5.92. The van der Waals surface area contributed by atoms with E-state index in [1.807, 2.05) is 13.8 Å². The summed E-state index contributed by atoms with van der Waals surface area (Å²) in [5.74, 6) is 0.671. The maximum atomic E-state index is 12.3. The van der Waals surface area contributed by atoms with Gasteiger partial charge in [-0.05, 0) is 19.8 Å². The van der Waals surface area contributed by atoms with Crippen molar-refractivity contribution in [2.24, 2.45) is 5.41 Å². The molecule has 1 saturated heterocycles. The van der Waals surface area contributed by atoms with Crippen LogP contribution in [0.2, 0.25) is 0 Å². The number of nitrogens with one attached hydrogen (secondary N) is 2. The van der Waals surface area contributed by atoms with E-state index in [9.17, 15) is 9.59 Å². The number of aryl methyl sites for hydroxylation is 1. The first-order valence-corrected chi connectivity index (χ1v) is 6.93. The van der Waals surface area contributed by atoms with Crippen molar-refractivity contribution < 1.29 is 9.59 Å². The average Bonchev–Trinajstić information content (AvgIpc) is 3.05. The molecule has 0 aromatic carbocycles. The van der Waals surface area contributed by atoms with Crippen molar-refractivity contribution in [3.8, 4) is 0 Å². The lowest BCUT2D eigenvalue weighted by atomic mass is 9.89. The maximum absolute atomic E-state index is 12.3. The quantitative estimate of drug-likeness (QED) is 0.832. The molecular weight excluding hydrogens is 258 g/mol. The molecule has 0 radical (unpaired) electrons. The van der Waals surface area contributed by atoms with Gasteiger partial charge in [-0.15, -0.1) is 5.10 Å². The van der Waals surface area contributed by atoms with Crippen LogP contribution in [0.5, 0.6) is 0 Å². The molecule has 0 saturated carbocycles. The van der Waals surface area contributed by atoms with E-state index in [0.717, 1.165) is 18.7 Å². The van der Waals surface area contributed by atoms with Crippen LogP contribution in [0.3, 0.4) is 0 Å². The lowest BCUT2D eigenvalue weighted by Crippen LogP contribution is -2.40. The zero-order chi connectivity index (χ0) is 14.8. The number of hydrogen-bond donors (Lipinski definition) is 2. The molecule has 1 fully saturated rings. The third-order valence-corrected chi connectivity index (χ3v) is 3.75. The number of aromatic amines is 1. The number of aromatic nitrogens is 3. The molecule has 2 heterocycles. The predicted molar refractivity (Wildman–Crippen MR) is 73.1 cm³/mol. The molecule has 1 aliphatic rings. The van der Waals surface area contributed by atoms with Gasteiger partial charge in [-0.2, -0.15) is 0 Å². The summed E-state index contributed by atoms with van der Waals surface area (Å²) in [6.07, 6.45) is 2.38. The second-order valence-electron chi connectivity index (χ2n) is 5.47. The van der Waals surface area contributed by atoms with Crippen LogP contribution in [-0.2, 0) is 11.2 Å². The van der Waals surface area contributed by atoms with Crippen LogP contribution in [-0.4, -0.2) is 52.0 Å². The van der Waals surface area contributed by atoms with Crippen LogP contribution < -0.4 is 5.32 Å². The van der Waals surface area contributed by atoms with Crippen molar-refractivity contribution in [2.75, 3.05) is 20.1 Å². The van der Waals surface area contributed by atoms with E-state index in [2.05, 4.69) is 20.5 Å². The number of rotatable bonds is 4. The van der Waals surface area contributed by atoms with E-state index in [4.69, 9.17) is 0 Å². The Kier molecular flexibility index (Phi) is 4.06. The van der Waals surface area contributed by atoms with Gasteiger partial charge in [0.25, 0.3) is 5.91 Å². The van der Waals surface area contributed by atoms with Gasteiger partial charge in [-0.1, -0.05) is 6.92 Å². The highest BCUT2D eigenvalue weighted by atomic mass is 16.2. The molecule has 7 heteroatoms. The molecule has 0 bridgehead atoms. The van der Waals surface area contributed by atoms with Gasteiger partial charge in [0.2, 0.25) is 11.7 Å². The molecule has 1 unspecified atom stereocenters. The Morgan fingerprint density at radius 3 is 2.90 bits per heavy atom. The van der Waals surface area contributed by atoms with Crippen molar-refractivity contribution in [3.63, 3.8) is 0 Å². The number of H-pyrrole nitrogens is 1. The van der Waals surface area contributed by atoms with Gasteiger partial charge in [-0.3, -0.25) is 14.7 Å². The van der Waals surface area contributed by atoms with Gasteiger partial charge >= 0.3 is 0 Å². The van der Waals surface area contributed by atoms with Gasteiger partial charge in [0.15, 0.2) is 0 Å². The Labute approximate surface area is 118 Å². The zero-order valence-electron chi connectivity index (χ0n) is 12.2. The number of nitrogens with zero attached hydrogens (tertiary/aromatic N) is 3. The maximum Gasteiger partial charge on any atom is 0.293 e. The minimum atomic E-state index is -0.521. The number of likely N-dealkylation sites (tertiary alicyclic amines) is 1. The van der Waals surface area contributed by atoms with Crippen molar-refractivity contribution in [2.45, 2.75) is 33.1 Å². The molecule has 2 N–H and O–H groups in total. The minimum absolute atomic E-state index is 0.0329. The number of hydrogen-bond acceptors (Lipinski definition) is 4. The summed E-state index contributed by atoms with van der Waals surface area (Å²) in [5.41, 5.74) is -0.521. The largest absolute Gasteiger partial charge is 0.359 e. The van der Waals surface area contributed by atoms with Gasteiger partial charge in [0, 0.05) is 26.6 Å². The van der Waals surface area contributed by atoms with Gasteiger partial charge in [0.1, 0.15) is 5.82 Å². The fourth-order valence-corrected chi connectivity index (χ4v) is 2.50. The third kappa shape index (κ3) is 2.66. The second-order valence-corrected chi connectivity index (χ2v) is 5.47. The van der Waals surface area contributed by atoms with Crippen LogP contribution in [0.1, 0.15) is 43.1 Å². The fraction of sp³-hybridized carbons (Fsp3) is 0.692. The zero-order valence-corrected chi connectivity index (χ0v) is 12.2. The van der Waals surface area contributed by atoms with E-state index < -0.39 is 5.41 Å². The van der Waals surface area contributed by atoms with Gasteiger partial charge in [-0.25, -0.2) is 4.98 Å². The van der Waals surface area contributed by atoms with E-state index >= 15 is 0 Å². The Morgan fingerprint density at radius 2 is 2.25 bits per heavy atom. The number of carbonyl (C=O) groups excluding carboxylic acids is 2. The summed E-state index contributed by atoms with van der Waals surface area (Å²) in [7, 11) is 1.62. The minimum Gasteiger partial charge on any atom is -0.359 e. The Morgan fingerprint density at radius 1 is 1.50 bits per heavy atom. The SMILES string of the molecule is CCCc1nc(C(=O)N2CCC(C)(C(=O)NC)C2)n[nH]1. The molecule has 1 aromatic rings. The molecule has 1 atom stereocenters. The molecule has 1 aliphatic heterocycles. The number of amides is 2. The monoisotopic (exact) mass is 279 g/mol. The van der Waals surface area contributed by atoms with E-state index in [1.54, 1.807) is 11.9 Å². The topological polar surface area (TPSA) is 91.0 Å². The second kappa shape index (κ2) is 5.60. The fourth-order valence-electron chi connectivity index (χ4n) is 2.50. The van der Waals surface area contributed by atoms with Crippen LogP contribution in [0.4, 0.5) is 0 Å². The van der Waals surface area contributed by atoms with Crippen LogP contribution in [0, 0.1) is 5.41 Å². The van der Waals surface area contributed by atoms with Crippen molar-refractivity contribution in [1.82, 2.24) is 25.4 Å². The summed E-state index contributed by atoms with van der Waals surface area (Å²) >= 11 is 0. The molecule has 1 aromatic heterocycles. The highest BCUT2D eigenvalue weighted by Crippen LogP contribution is 2.30.